The van der Waals surface area contributed by atoms with Crippen LogP contribution in [0.3, 0.4) is 0 Å². The van der Waals surface area contributed by atoms with Crippen LogP contribution in [0, 0.1) is 5.92 Å². The second-order valence-corrected chi connectivity index (χ2v) is 9.72. The Hall–Kier alpha value is -2.49. The first-order valence-electron chi connectivity index (χ1n) is 9.69. The zero-order valence-electron chi connectivity index (χ0n) is 16.4. The number of aromatic nitrogens is 3. The minimum Gasteiger partial charge on any atom is -0.383 e. The quantitative estimate of drug-likeness (QED) is 0.565. The molecular weight excluding hydrogens is 388 g/mol. The molecule has 0 bridgehead atoms. The maximum Gasteiger partial charge on any atom is 0.209 e. The van der Waals surface area contributed by atoms with Crippen molar-refractivity contribution in [1.29, 1.82) is 0 Å². The molecule has 5 N–H and O–H groups in total. The highest BCUT2D eigenvalue weighted by atomic mass is 32.2. The van der Waals surface area contributed by atoms with E-state index < -0.39 is 10.0 Å². The van der Waals surface area contributed by atoms with Crippen LogP contribution in [-0.4, -0.2) is 35.3 Å². The third-order valence-electron chi connectivity index (χ3n) is 5.50. The van der Waals surface area contributed by atoms with E-state index in [2.05, 4.69) is 25.5 Å². The van der Waals surface area contributed by atoms with Crippen LogP contribution < -0.4 is 16.2 Å². The highest BCUT2D eigenvalue weighted by Crippen LogP contribution is 2.35. The average molecular weight is 415 g/mol. The Kier molecular flexibility index (Phi) is 5.28. The molecule has 1 fully saturated rings. The van der Waals surface area contributed by atoms with Crippen molar-refractivity contribution >= 4 is 26.9 Å². The van der Waals surface area contributed by atoms with Crippen LogP contribution in [0.15, 0.2) is 36.8 Å². The molecule has 0 saturated heterocycles. The van der Waals surface area contributed by atoms with E-state index in [0.29, 0.717) is 11.7 Å². The monoisotopic (exact) mass is 414 g/mol. The number of hydrogen-bond donors (Lipinski definition) is 3. The summed E-state index contributed by atoms with van der Waals surface area (Å²) >= 11 is 0. The van der Waals surface area contributed by atoms with E-state index in [9.17, 15) is 8.42 Å². The molecule has 1 aromatic carbocycles. The predicted octanol–water partition coefficient (Wildman–Crippen LogP) is 1.86. The van der Waals surface area contributed by atoms with Crippen LogP contribution >= 0.6 is 0 Å². The van der Waals surface area contributed by atoms with Crippen LogP contribution in [0.2, 0.25) is 0 Å². The number of hydrogen-bond acceptors (Lipinski definition) is 6. The fourth-order valence-corrected chi connectivity index (χ4v) is 4.55. The normalized spacial score (nSPS) is 19.8. The van der Waals surface area contributed by atoms with Crippen molar-refractivity contribution < 1.29 is 8.42 Å². The van der Waals surface area contributed by atoms with Gasteiger partial charge in [0.15, 0.2) is 0 Å². The summed E-state index contributed by atoms with van der Waals surface area (Å²) in [6.07, 6.45) is 7.90. The Bertz CT molecular complexity index is 1140. The Morgan fingerprint density at radius 1 is 1.28 bits per heavy atom. The summed E-state index contributed by atoms with van der Waals surface area (Å²) in [5.74, 6) is 0.960. The van der Waals surface area contributed by atoms with Gasteiger partial charge in [-0.2, -0.15) is 0 Å². The molecule has 4 rings (SSSR count). The number of sulfonamides is 1. The van der Waals surface area contributed by atoms with Gasteiger partial charge >= 0.3 is 0 Å². The highest BCUT2D eigenvalue weighted by molar-refractivity contribution is 7.88. The maximum atomic E-state index is 11.4. The molecule has 2 atom stereocenters. The molecule has 1 aliphatic carbocycles. The van der Waals surface area contributed by atoms with Gasteiger partial charge in [0.25, 0.3) is 0 Å². The lowest BCUT2D eigenvalue weighted by atomic mass is 10.0. The minimum absolute atomic E-state index is 0.233. The number of nitrogens with two attached hydrogens (primary N) is 2. The van der Waals surface area contributed by atoms with Crippen LogP contribution in [0.25, 0.3) is 22.2 Å². The van der Waals surface area contributed by atoms with E-state index in [0.717, 1.165) is 59.8 Å². The van der Waals surface area contributed by atoms with E-state index in [1.54, 1.807) is 0 Å². The number of nitrogen functional groups attached to an aromatic ring is 1. The standard InChI is InChI=1S/C20H26N6O2S/c1-29(27,28)25-9-13-3-2-4-15(7-13)17-11-26(10-14-5-6-16(21)8-14)20-18(17)19(22)23-12-24-20/h2-4,7,11-12,14,16,25H,5-6,8-10,21H2,1H3,(H2,22,23,24)/t14-,16-/m0/s1. The third-order valence-corrected chi connectivity index (χ3v) is 6.16. The molecule has 0 unspecified atom stereocenters. The van der Waals surface area contributed by atoms with Gasteiger partial charge in [0, 0.05) is 30.9 Å². The molecule has 9 heteroatoms. The first-order chi connectivity index (χ1) is 13.8. The molecule has 1 saturated carbocycles. The molecule has 29 heavy (non-hydrogen) atoms. The number of rotatable bonds is 6. The van der Waals surface area contributed by atoms with Gasteiger partial charge in [-0.1, -0.05) is 18.2 Å². The molecule has 0 aliphatic heterocycles. The molecular formula is C20H26N6O2S. The van der Waals surface area contributed by atoms with Gasteiger partial charge in [0.05, 0.1) is 11.6 Å². The maximum absolute atomic E-state index is 11.4. The van der Waals surface area contributed by atoms with Crippen molar-refractivity contribution in [3.63, 3.8) is 0 Å². The summed E-state index contributed by atoms with van der Waals surface area (Å²) in [7, 11) is -3.26. The van der Waals surface area contributed by atoms with Gasteiger partial charge in [0.1, 0.15) is 17.8 Å². The average Bonchev–Trinajstić information content (AvgIpc) is 3.25. The van der Waals surface area contributed by atoms with Gasteiger partial charge in [-0.25, -0.2) is 23.1 Å². The summed E-state index contributed by atoms with van der Waals surface area (Å²) in [6.45, 7) is 1.08. The molecule has 3 aromatic rings. The first-order valence-corrected chi connectivity index (χ1v) is 11.6. The molecule has 0 radical (unpaired) electrons. The molecule has 1 aliphatic rings. The summed E-state index contributed by atoms with van der Waals surface area (Å²) in [5, 5.41) is 0.822. The second kappa shape index (κ2) is 7.74. The van der Waals surface area contributed by atoms with Crippen LogP contribution in [0.4, 0.5) is 5.82 Å². The lowest BCUT2D eigenvalue weighted by molar-refractivity contribution is 0.458. The molecule has 0 spiro atoms. The molecule has 8 nitrogen and oxygen atoms in total. The van der Waals surface area contributed by atoms with E-state index in [1.807, 2.05) is 24.3 Å². The fourth-order valence-electron chi connectivity index (χ4n) is 4.13. The summed E-state index contributed by atoms with van der Waals surface area (Å²) in [4.78, 5) is 8.67. The lowest BCUT2D eigenvalue weighted by Crippen LogP contribution is -2.21. The van der Waals surface area contributed by atoms with E-state index >= 15 is 0 Å². The Morgan fingerprint density at radius 2 is 2.10 bits per heavy atom. The molecule has 2 heterocycles. The van der Waals surface area contributed by atoms with Crippen molar-refractivity contribution in [2.45, 2.75) is 38.4 Å². The minimum atomic E-state index is -3.26. The van der Waals surface area contributed by atoms with Crippen molar-refractivity contribution in [2.75, 3.05) is 12.0 Å². The van der Waals surface area contributed by atoms with Gasteiger partial charge in [0.2, 0.25) is 10.0 Å². The number of nitrogens with one attached hydrogen (secondary N) is 1. The first kappa shape index (κ1) is 19.8. The molecule has 154 valence electrons. The van der Waals surface area contributed by atoms with Crippen molar-refractivity contribution in [1.82, 2.24) is 19.3 Å². The second-order valence-electron chi connectivity index (χ2n) is 7.89. The van der Waals surface area contributed by atoms with Crippen molar-refractivity contribution in [2.24, 2.45) is 11.7 Å². The predicted molar refractivity (Wildman–Crippen MR) is 114 cm³/mol. The SMILES string of the molecule is CS(=O)(=O)NCc1cccc(-c2cn(C[C@H]3CC[C@H](N)C3)c3ncnc(N)c23)c1. The zero-order chi connectivity index (χ0) is 20.6. The lowest BCUT2D eigenvalue weighted by Gasteiger charge is -2.11. The number of fused-ring (bicyclic) bond motifs is 1. The van der Waals surface area contributed by atoms with Crippen LogP contribution in [0.5, 0.6) is 0 Å². The van der Waals surface area contributed by atoms with Gasteiger partial charge in [-0.05, 0) is 42.4 Å². The van der Waals surface area contributed by atoms with Crippen LogP contribution in [-0.2, 0) is 23.1 Å². The van der Waals surface area contributed by atoms with Gasteiger partial charge in [-0.3, -0.25) is 0 Å². The number of nitrogens with zero attached hydrogens (tertiary/aromatic N) is 3. The topological polar surface area (TPSA) is 129 Å². The number of benzene rings is 1. The van der Waals surface area contributed by atoms with Gasteiger partial charge in [-0.15, -0.1) is 0 Å². The number of anilines is 1. The zero-order valence-corrected chi connectivity index (χ0v) is 17.2. The largest absolute Gasteiger partial charge is 0.383 e. The smallest absolute Gasteiger partial charge is 0.209 e. The summed E-state index contributed by atoms with van der Waals surface area (Å²) in [6, 6.07) is 8.03. The van der Waals surface area contributed by atoms with Crippen molar-refractivity contribution in [3.05, 3.63) is 42.4 Å². The Balaban J connectivity index is 1.72. The highest BCUT2D eigenvalue weighted by Gasteiger charge is 2.24. The molecule has 2 aromatic heterocycles. The summed E-state index contributed by atoms with van der Waals surface area (Å²) < 4.78 is 27.5. The van der Waals surface area contributed by atoms with Crippen LogP contribution in [0.1, 0.15) is 24.8 Å². The van der Waals surface area contributed by atoms with Gasteiger partial charge < -0.3 is 16.0 Å². The third kappa shape index (κ3) is 4.42. The van der Waals surface area contributed by atoms with E-state index in [4.69, 9.17) is 11.5 Å². The summed E-state index contributed by atoms with van der Waals surface area (Å²) in [5.41, 5.74) is 15.9. The van der Waals surface area contributed by atoms with E-state index in [1.165, 1.54) is 6.33 Å². The van der Waals surface area contributed by atoms with Crippen molar-refractivity contribution in [3.8, 4) is 11.1 Å². The van der Waals surface area contributed by atoms with E-state index in [-0.39, 0.29) is 12.6 Å². The fraction of sp³-hybridized carbons (Fsp3) is 0.400. The molecule has 0 amide bonds. The Labute approximate surface area is 170 Å². The Morgan fingerprint density at radius 3 is 2.83 bits per heavy atom.